The third kappa shape index (κ3) is 6.68. The van der Waals surface area contributed by atoms with Crippen molar-refractivity contribution >= 4 is 34.6 Å². The van der Waals surface area contributed by atoms with Gasteiger partial charge in [-0.2, -0.15) is 0 Å². The van der Waals surface area contributed by atoms with E-state index in [1.165, 1.54) is 22.9 Å². The Hall–Kier alpha value is -3.97. The Morgan fingerprint density at radius 1 is 0.976 bits per heavy atom. The van der Waals surface area contributed by atoms with Crippen LogP contribution >= 0.6 is 11.8 Å². The quantitative estimate of drug-likeness (QED) is 0.307. The lowest BCUT2D eigenvalue weighted by Gasteiger charge is -2.33. The normalized spacial score (nSPS) is 17.5. The molecular formula is C34H37N3O3S. The van der Waals surface area contributed by atoms with Gasteiger partial charge in [0.15, 0.2) is 5.17 Å². The molecule has 0 aromatic heterocycles. The van der Waals surface area contributed by atoms with E-state index in [4.69, 9.17) is 14.5 Å². The third-order valence-corrected chi connectivity index (χ3v) is 8.26. The number of carbonyl (C=O) groups is 1. The van der Waals surface area contributed by atoms with Gasteiger partial charge in [-0.25, -0.2) is 4.99 Å². The average molecular weight is 568 g/mol. The van der Waals surface area contributed by atoms with Crippen LogP contribution < -0.4 is 19.7 Å². The van der Waals surface area contributed by atoms with Gasteiger partial charge in [-0.3, -0.25) is 4.79 Å². The number of para-hydroxylation sites is 1. The van der Waals surface area contributed by atoms with E-state index in [9.17, 15) is 4.79 Å². The van der Waals surface area contributed by atoms with Gasteiger partial charge in [-0.15, -0.1) is 0 Å². The largest absolute Gasteiger partial charge is 0.497 e. The van der Waals surface area contributed by atoms with Gasteiger partial charge in [-0.05, 0) is 97.9 Å². The maximum atomic E-state index is 13.5. The number of hydrogen-bond donors (Lipinski definition) is 1. The zero-order valence-corrected chi connectivity index (χ0v) is 24.9. The first kappa shape index (κ1) is 28.6. The van der Waals surface area contributed by atoms with Gasteiger partial charge < -0.3 is 19.7 Å². The number of methoxy groups -OCH3 is 2. The van der Waals surface area contributed by atoms with Crippen molar-refractivity contribution in [2.24, 2.45) is 4.99 Å². The molecule has 2 aliphatic rings. The summed E-state index contributed by atoms with van der Waals surface area (Å²) < 4.78 is 10.7. The smallest absolute Gasteiger partial charge is 0.237 e. The minimum Gasteiger partial charge on any atom is -0.497 e. The van der Waals surface area contributed by atoms with E-state index in [0.29, 0.717) is 0 Å². The average Bonchev–Trinajstić information content (AvgIpc) is 3.01. The number of amidine groups is 1. The van der Waals surface area contributed by atoms with E-state index in [0.717, 1.165) is 58.4 Å². The lowest BCUT2D eigenvalue weighted by atomic mass is 9.84. The molecule has 3 aromatic rings. The van der Waals surface area contributed by atoms with Gasteiger partial charge in [0.05, 0.1) is 20.0 Å². The Morgan fingerprint density at radius 3 is 2.27 bits per heavy atom. The zero-order valence-electron chi connectivity index (χ0n) is 24.1. The van der Waals surface area contributed by atoms with Crippen LogP contribution in [0.4, 0.5) is 5.69 Å². The highest BCUT2D eigenvalue weighted by Crippen LogP contribution is 2.42. The number of nitrogens with one attached hydrogen (secondary N) is 1. The number of anilines is 1. The van der Waals surface area contributed by atoms with Crippen LogP contribution in [0, 0.1) is 0 Å². The Labute approximate surface area is 247 Å². The maximum Gasteiger partial charge on any atom is 0.237 e. The Kier molecular flexibility index (Phi) is 9.14. The summed E-state index contributed by atoms with van der Waals surface area (Å²) in [5.74, 6) is 2.00. The molecule has 0 saturated heterocycles. The Bertz CT molecular complexity index is 1440. The number of benzene rings is 3. The highest BCUT2D eigenvalue weighted by molar-refractivity contribution is 8.14. The monoisotopic (exact) mass is 567 g/mol. The van der Waals surface area contributed by atoms with E-state index >= 15 is 0 Å². The second-order valence-electron chi connectivity index (χ2n) is 10.4. The molecule has 1 aliphatic carbocycles. The van der Waals surface area contributed by atoms with Crippen LogP contribution in [0.5, 0.6) is 11.5 Å². The van der Waals surface area contributed by atoms with Gasteiger partial charge >= 0.3 is 0 Å². The molecule has 1 amide bonds. The number of thioether (sulfide) groups is 1. The molecule has 0 bridgehead atoms. The first-order valence-corrected chi connectivity index (χ1v) is 15.0. The van der Waals surface area contributed by atoms with Crippen molar-refractivity contribution in [2.75, 3.05) is 24.9 Å². The molecule has 1 aliphatic heterocycles. The molecule has 1 heterocycles. The summed E-state index contributed by atoms with van der Waals surface area (Å²) in [6, 6.07) is 26.1. The molecule has 41 heavy (non-hydrogen) atoms. The molecule has 5 rings (SSSR count). The molecule has 1 atom stereocenters. The minimum absolute atomic E-state index is 0.0467. The molecule has 212 valence electrons. The molecule has 0 fully saturated rings. The highest BCUT2D eigenvalue weighted by atomic mass is 32.2. The molecule has 1 unspecified atom stereocenters. The van der Waals surface area contributed by atoms with Crippen LogP contribution in [0.1, 0.15) is 50.3 Å². The van der Waals surface area contributed by atoms with E-state index in [-0.39, 0.29) is 23.7 Å². The van der Waals surface area contributed by atoms with Gasteiger partial charge in [0.2, 0.25) is 5.91 Å². The predicted molar refractivity (Wildman–Crippen MR) is 170 cm³/mol. The van der Waals surface area contributed by atoms with E-state index < -0.39 is 0 Å². The van der Waals surface area contributed by atoms with Crippen molar-refractivity contribution in [3.63, 3.8) is 0 Å². The van der Waals surface area contributed by atoms with Gasteiger partial charge in [0.1, 0.15) is 17.5 Å². The number of allylic oxidation sites excluding steroid dienone is 1. The number of nitrogens with zero attached hydrogens (tertiary/aromatic N) is 2. The third-order valence-electron chi connectivity index (χ3n) is 7.38. The summed E-state index contributed by atoms with van der Waals surface area (Å²) in [5, 5.41) is 4.40. The van der Waals surface area contributed by atoms with Crippen LogP contribution in [0.2, 0.25) is 0 Å². The van der Waals surface area contributed by atoms with Crippen LogP contribution in [-0.2, 0) is 4.79 Å². The number of rotatable bonds is 8. The molecule has 0 saturated carbocycles. The molecule has 3 aromatic carbocycles. The highest BCUT2D eigenvalue weighted by Gasteiger charge is 2.31. The molecule has 0 spiro atoms. The van der Waals surface area contributed by atoms with Crippen molar-refractivity contribution in [2.45, 2.75) is 45.2 Å². The van der Waals surface area contributed by atoms with Crippen LogP contribution in [0.3, 0.4) is 0 Å². The second kappa shape index (κ2) is 13.1. The molecule has 7 heteroatoms. The molecule has 1 N–H and O–H groups in total. The number of ether oxygens (including phenoxy) is 2. The van der Waals surface area contributed by atoms with Crippen LogP contribution in [-0.4, -0.2) is 37.1 Å². The fraction of sp³-hybridized carbons (Fsp3) is 0.294. The van der Waals surface area contributed by atoms with Crippen molar-refractivity contribution in [1.29, 1.82) is 0 Å². The predicted octanol–water partition coefficient (Wildman–Crippen LogP) is 7.40. The first-order chi connectivity index (χ1) is 20.0. The van der Waals surface area contributed by atoms with E-state index in [2.05, 4.69) is 35.7 Å². The van der Waals surface area contributed by atoms with E-state index in [1.54, 1.807) is 14.2 Å². The number of aliphatic imine (C=N–C) groups is 1. The second-order valence-corrected chi connectivity index (χ2v) is 11.4. The summed E-state index contributed by atoms with van der Waals surface area (Å²) >= 11 is 1.47. The summed E-state index contributed by atoms with van der Waals surface area (Å²) in [7, 11) is 3.36. The standard InChI is InChI=1S/C34H37N3O3S/c1-23(2)37(27-10-6-5-7-11-27)31(38)22-41-34-35-32(25-15-19-29(40-4)20-16-25)30-12-8-9-26(33(30)36-34)21-24-13-17-28(39-3)18-14-24/h5-7,10-11,13-21,23,32H,8-9,12,22H2,1-4H3,(H,35,36)/b26-21-. The zero-order chi connectivity index (χ0) is 28.8. The lowest BCUT2D eigenvalue weighted by Crippen LogP contribution is -2.39. The van der Waals surface area contributed by atoms with Crippen molar-refractivity contribution in [1.82, 2.24) is 5.32 Å². The Balaban J connectivity index is 1.45. The Morgan fingerprint density at radius 2 is 1.63 bits per heavy atom. The summed E-state index contributed by atoms with van der Waals surface area (Å²) in [6.07, 6.45) is 5.25. The first-order valence-electron chi connectivity index (χ1n) is 14.0. The fourth-order valence-corrected chi connectivity index (χ4v) is 6.15. The fourth-order valence-electron chi connectivity index (χ4n) is 5.39. The van der Waals surface area contributed by atoms with Crippen LogP contribution in [0.15, 0.2) is 101 Å². The number of hydrogen-bond acceptors (Lipinski definition) is 6. The van der Waals surface area contributed by atoms with Gasteiger partial charge in [-0.1, -0.05) is 54.2 Å². The SMILES string of the molecule is COc1ccc(/C=C2/CCCC3=C2NC(SCC(=O)N(c2ccccc2)C(C)C)=NC3c2ccc(OC)cc2)cc1. The van der Waals surface area contributed by atoms with Gasteiger partial charge in [0.25, 0.3) is 0 Å². The summed E-state index contributed by atoms with van der Waals surface area (Å²) in [4.78, 5) is 20.5. The van der Waals surface area contributed by atoms with Gasteiger partial charge in [0, 0.05) is 17.4 Å². The number of carbonyl (C=O) groups excluding carboxylic acids is 1. The minimum atomic E-state index is -0.121. The molecule has 6 nitrogen and oxygen atoms in total. The van der Waals surface area contributed by atoms with E-state index in [1.807, 2.05) is 73.3 Å². The number of amides is 1. The lowest BCUT2D eigenvalue weighted by molar-refractivity contribution is -0.116. The summed E-state index contributed by atoms with van der Waals surface area (Å²) in [5.41, 5.74) is 6.81. The topological polar surface area (TPSA) is 63.2 Å². The van der Waals surface area contributed by atoms with Crippen LogP contribution in [0.25, 0.3) is 6.08 Å². The molecule has 0 radical (unpaired) electrons. The maximum absolute atomic E-state index is 13.5. The summed E-state index contributed by atoms with van der Waals surface area (Å²) in [6.45, 7) is 4.09. The van der Waals surface area contributed by atoms with Crippen molar-refractivity contribution in [3.8, 4) is 11.5 Å². The van der Waals surface area contributed by atoms with Crippen molar-refractivity contribution in [3.05, 3.63) is 107 Å². The van der Waals surface area contributed by atoms with Crippen molar-refractivity contribution < 1.29 is 14.3 Å². The molecular weight excluding hydrogens is 530 g/mol.